The largest absolute Gasteiger partial charge is 0.329 e. The third kappa shape index (κ3) is 3.95. The Labute approximate surface area is 140 Å². The Morgan fingerprint density at radius 2 is 2.00 bits per heavy atom. The molecule has 2 aromatic rings. The second-order valence-electron chi connectivity index (χ2n) is 5.93. The highest BCUT2D eigenvalue weighted by atomic mass is 16.1. The second kappa shape index (κ2) is 7.68. The highest BCUT2D eigenvalue weighted by Crippen LogP contribution is 2.21. The topological polar surface area (TPSA) is 87.7 Å². The number of carbonyl (C=O) groups is 2. The van der Waals surface area contributed by atoms with E-state index in [9.17, 15) is 9.59 Å². The first-order valence-corrected chi connectivity index (χ1v) is 8.18. The van der Waals surface area contributed by atoms with E-state index in [0.717, 1.165) is 60.1 Å². The number of aldehydes is 1. The zero-order valence-corrected chi connectivity index (χ0v) is 13.4. The number of aromatic nitrogens is 3. The van der Waals surface area contributed by atoms with Crippen molar-refractivity contribution >= 4 is 12.2 Å². The van der Waals surface area contributed by atoms with Crippen LogP contribution in [0, 0.1) is 0 Å². The molecular weight excluding hydrogens is 304 g/mol. The molecule has 6 heteroatoms. The molecule has 24 heavy (non-hydrogen) atoms. The van der Waals surface area contributed by atoms with Gasteiger partial charge in [0.15, 0.2) is 0 Å². The maximum atomic E-state index is 12.1. The van der Waals surface area contributed by atoms with Gasteiger partial charge in [-0.1, -0.05) is 24.3 Å². The molecule has 0 unspecified atom stereocenters. The van der Waals surface area contributed by atoms with Crippen LogP contribution in [0.5, 0.6) is 0 Å². The van der Waals surface area contributed by atoms with E-state index in [2.05, 4.69) is 20.7 Å². The Morgan fingerprint density at radius 1 is 1.21 bits per heavy atom. The minimum absolute atomic E-state index is 0.0353. The predicted octanol–water partition coefficient (Wildman–Crippen LogP) is 2.55. The molecule has 1 aromatic heterocycles. The number of allylic oxidation sites excluding steroid dienone is 2. The SMILES string of the molecule is O=CC1=C(NC(=O)CCc2ccc(-c3cn[nH]n3)cc2)CCCC1. The standard InChI is InChI=1S/C18H20N4O2/c23-12-15-3-1-2-4-16(15)20-18(24)10-7-13-5-8-14(9-6-13)17-11-19-22-21-17/h5-6,8-9,11-12H,1-4,7,10H2,(H,20,24)(H,19,21,22). The maximum absolute atomic E-state index is 12.1. The molecule has 1 heterocycles. The van der Waals surface area contributed by atoms with Crippen LogP contribution < -0.4 is 5.32 Å². The van der Waals surface area contributed by atoms with Crippen LogP contribution in [-0.2, 0) is 16.0 Å². The van der Waals surface area contributed by atoms with Gasteiger partial charge < -0.3 is 5.32 Å². The van der Waals surface area contributed by atoms with E-state index in [0.29, 0.717) is 12.8 Å². The number of aromatic amines is 1. The Bertz CT molecular complexity index is 733. The van der Waals surface area contributed by atoms with Crippen LogP contribution in [0.3, 0.4) is 0 Å². The number of rotatable bonds is 6. The lowest BCUT2D eigenvalue weighted by Crippen LogP contribution is -2.26. The van der Waals surface area contributed by atoms with Crippen molar-refractivity contribution in [1.29, 1.82) is 0 Å². The van der Waals surface area contributed by atoms with Crippen LogP contribution in [0.1, 0.15) is 37.7 Å². The fourth-order valence-corrected chi connectivity index (χ4v) is 2.87. The summed E-state index contributed by atoms with van der Waals surface area (Å²) in [5, 5.41) is 13.3. The molecule has 1 aliphatic rings. The van der Waals surface area contributed by atoms with Crippen molar-refractivity contribution in [3.63, 3.8) is 0 Å². The van der Waals surface area contributed by atoms with E-state index in [-0.39, 0.29) is 5.91 Å². The Hall–Kier alpha value is -2.76. The smallest absolute Gasteiger partial charge is 0.224 e. The van der Waals surface area contributed by atoms with Gasteiger partial charge in [0.2, 0.25) is 5.91 Å². The van der Waals surface area contributed by atoms with Crippen molar-refractivity contribution < 1.29 is 9.59 Å². The minimum Gasteiger partial charge on any atom is -0.329 e. The quantitative estimate of drug-likeness (QED) is 0.799. The molecule has 1 amide bonds. The zero-order valence-electron chi connectivity index (χ0n) is 13.4. The number of H-pyrrole nitrogens is 1. The molecule has 0 bridgehead atoms. The van der Waals surface area contributed by atoms with Gasteiger partial charge in [-0.3, -0.25) is 9.59 Å². The summed E-state index contributed by atoms with van der Waals surface area (Å²) in [5.41, 5.74) is 4.42. The molecule has 2 N–H and O–H groups in total. The number of benzene rings is 1. The molecule has 6 nitrogen and oxygen atoms in total. The second-order valence-corrected chi connectivity index (χ2v) is 5.93. The number of nitrogens with one attached hydrogen (secondary N) is 2. The highest BCUT2D eigenvalue weighted by Gasteiger charge is 2.14. The summed E-state index contributed by atoms with van der Waals surface area (Å²) < 4.78 is 0. The molecule has 0 aliphatic heterocycles. The lowest BCUT2D eigenvalue weighted by molar-refractivity contribution is -0.120. The van der Waals surface area contributed by atoms with Crippen molar-refractivity contribution in [3.8, 4) is 11.3 Å². The van der Waals surface area contributed by atoms with E-state index in [4.69, 9.17) is 0 Å². The zero-order chi connectivity index (χ0) is 16.8. The number of nitrogens with zero attached hydrogens (tertiary/aromatic N) is 2. The first-order valence-electron chi connectivity index (χ1n) is 8.18. The molecule has 1 aromatic carbocycles. The van der Waals surface area contributed by atoms with E-state index >= 15 is 0 Å². The van der Waals surface area contributed by atoms with Gasteiger partial charge in [-0.2, -0.15) is 15.4 Å². The summed E-state index contributed by atoms with van der Waals surface area (Å²) >= 11 is 0. The fourth-order valence-electron chi connectivity index (χ4n) is 2.87. The molecule has 0 saturated carbocycles. The van der Waals surface area contributed by atoms with E-state index < -0.39 is 0 Å². The summed E-state index contributed by atoms with van der Waals surface area (Å²) in [4.78, 5) is 23.2. The molecule has 3 rings (SSSR count). The molecule has 0 spiro atoms. The van der Waals surface area contributed by atoms with E-state index in [1.165, 1.54) is 0 Å². The fraction of sp³-hybridized carbons (Fsp3) is 0.333. The molecule has 0 radical (unpaired) electrons. The van der Waals surface area contributed by atoms with Crippen molar-refractivity contribution in [2.75, 3.05) is 0 Å². The van der Waals surface area contributed by atoms with Gasteiger partial charge in [-0.15, -0.1) is 0 Å². The van der Waals surface area contributed by atoms with Crippen molar-refractivity contribution in [2.24, 2.45) is 0 Å². The van der Waals surface area contributed by atoms with Crippen LogP contribution in [-0.4, -0.2) is 27.6 Å². The third-order valence-electron chi connectivity index (χ3n) is 4.25. The Kier molecular flexibility index (Phi) is 5.15. The normalized spacial score (nSPS) is 14.5. The van der Waals surface area contributed by atoms with Gasteiger partial charge in [0.05, 0.1) is 6.20 Å². The van der Waals surface area contributed by atoms with Gasteiger partial charge >= 0.3 is 0 Å². The average Bonchev–Trinajstić information content (AvgIpc) is 3.15. The summed E-state index contributed by atoms with van der Waals surface area (Å²) in [6.45, 7) is 0. The monoisotopic (exact) mass is 324 g/mol. The number of carbonyl (C=O) groups excluding carboxylic acids is 2. The van der Waals surface area contributed by atoms with Crippen molar-refractivity contribution in [1.82, 2.24) is 20.7 Å². The Balaban J connectivity index is 1.54. The third-order valence-corrected chi connectivity index (χ3v) is 4.25. The molecule has 1 aliphatic carbocycles. The first kappa shape index (κ1) is 16.1. The minimum atomic E-state index is -0.0353. The van der Waals surface area contributed by atoms with Gasteiger partial charge in [0.25, 0.3) is 0 Å². The summed E-state index contributed by atoms with van der Waals surface area (Å²) in [6.07, 6.45) is 7.20. The molecular formula is C18H20N4O2. The number of aryl methyl sites for hydroxylation is 1. The van der Waals surface area contributed by atoms with Crippen LogP contribution in [0.15, 0.2) is 41.7 Å². The molecule has 0 fully saturated rings. The number of hydrogen-bond donors (Lipinski definition) is 2. The van der Waals surface area contributed by atoms with E-state index in [1.54, 1.807) is 6.20 Å². The summed E-state index contributed by atoms with van der Waals surface area (Å²) in [7, 11) is 0. The van der Waals surface area contributed by atoms with Gasteiger partial charge in [-0.25, -0.2) is 0 Å². The lowest BCUT2D eigenvalue weighted by Gasteiger charge is -2.17. The average molecular weight is 324 g/mol. The van der Waals surface area contributed by atoms with Gasteiger partial charge in [-0.05, 0) is 37.7 Å². The lowest BCUT2D eigenvalue weighted by atomic mass is 9.97. The number of hydrogen-bond acceptors (Lipinski definition) is 4. The van der Waals surface area contributed by atoms with E-state index in [1.807, 2.05) is 24.3 Å². The van der Waals surface area contributed by atoms with Crippen LogP contribution in [0.4, 0.5) is 0 Å². The predicted molar refractivity (Wildman–Crippen MR) is 89.8 cm³/mol. The summed E-state index contributed by atoms with van der Waals surface area (Å²) in [6, 6.07) is 7.93. The van der Waals surface area contributed by atoms with Crippen LogP contribution >= 0.6 is 0 Å². The van der Waals surface area contributed by atoms with Gasteiger partial charge in [0.1, 0.15) is 12.0 Å². The molecule has 0 atom stereocenters. The summed E-state index contributed by atoms with van der Waals surface area (Å²) in [5.74, 6) is -0.0353. The highest BCUT2D eigenvalue weighted by molar-refractivity contribution is 5.81. The van der Waals surface area contributed by atoms with Crippen molar-refractivity contribution in [3.05, 3.63) is 47.3 Å². The molecule has 0 saturated heterocycles. The van der Waals surface area contributed by atoms with Crippen molar-refractivity contribution in [2.45, 2.75) is 38.5 Å². The molecule has 124 valence electrons. The van der Waals surface area contributed by atoms with Crippen LogP contribution in [0.25, 0.3) is 11.3 Å². The Morgan fingerprint density at radius 3 is 2.71 bits per heavy atom. The van der Waals surface area contributed by atoms with Crippen LogP contribution in [0.2, 0.25) is 0 Å². The number of amides is 1. The maximum Gasteiger partial charge on any atom is 0.224 e. The van der Waals surface area contributed by atoms with Gasteiger partial charge in [0, 0.05) is 23.3 Å². The first-order chi connectivity index (χ1) is 11.8.